The Hall–Kier alpha value is -1.46. The predicted octanol–water partition coefficient (Wildman–Crippen LogP) is -0.426. The van der Waals surface area contributed by atoms with Crippen molar-refractivity contribution in [2.24, 2.45) is 0 Å². The maximum absolute atomic E-state index is 9.38. The van der Waals surface area contributed by atoms with E-state index >= 15 is 0 Å². The van der Waals surface area contributed by atoms with Crippen LogP contribution in [0.2, 0.25) is 0 Å². The topological polar surface area (TPSA) is 63.2 Å². The lowest BCUT2D eigenvalue weighted by atomic mass is 10.3. The molecule has 0 amide bonds. The first-order valence-corrected chi connectivity index (χ1v) is 6.90. The number of piperazine rings is 1. The van der Waals surface area contributed by atoms with Gasteiger partial charge in [0.05, 0.1) is 32.4 Å². The van der Waals surface area contributed by atoms with Gasteiger partial charge in [-0.3, -0.25) is 4.90 Å². The molecule has 4 N–H and O–H groups in total. The molecule has 0 aromatic heterocycles. The van der Waals surface area contributed by atoms with Crippen molar-refractivity contribution in [3.63, 3.8) is 0 Å². The molecule has 0 aliphatic carbocycles. The highest BCUT2D eigenvalue weighted by molar-refractivity contribution is 5.55. The minimum atomic E-state index is 0.186. The van der Waals surface area contributed by atoms with E-state index in [4.69, 9.17) is 10.5 Å². The van der Waals surface area contributed by atoms with Crippen LogP contribution in [-0.2, 0) is 0 Å². The molecule has 106 valence electrons. The Morgan fingerprint density at radius 2 is 2.11 bits per heavy atom. The van der Waals surface area contributed by atoms with Crippen molar-refractivity contribution < 1.29 is 14.7 Å². The zero-order valence-corrected chi connectivity index (χ0v) is 11.6. The van der Waals surface area contributed by atoms with Gasteiger partial charge in [0.15, 0.2) is 0 Å². The van der Waals surface area contributed by atoms with Gasteiger partial charge >= 0.3 is 0 Å². The maximum atomic E-state index is 9.38. The van der Waals surface area contributed by atoms with Gasteiger partial charge in [-0.2, -0.15) is 0 Å². The van der Waals surface area contributed by atoms with Crippen molar-refractivity contribution >= 4 is 5.69 Å². The molecule has 1 fully saturated rings. The molecular weight excluding hydrogens is 242 g/mol. The molecule has 1 aromatic carbocycles. The molecule has 5 heteroatoms. The Balaban J connectivity index is 1.68. The number of quaternary nitrogens is 1. The molecule has 0 saturated carbocycles. The van der Waals surface area contributed by atoms with E-state index in [1.165, 1.54) is 26.2 Å². The van der Waals surface area contributed by atoms with Gasteiger partial charge in [0.2, 0.25) is 0 Å². The number of rotatable bonds is 5. The zero-order chi connectivity index (χ0) is 13.7. The van der Waals surface area contributed by atoms with Crippen molar-refractivity contribution in [3.8, 4) is 11.5 Å². The lowest BCUT2D eigenvalue weighted by Crippen LogP contribution is -3.11. The number of aromatic hydroxyl groups is 1. The van der Waals surface area contributed by atoms with Crippen LogP contribution < -0.4 is 15.4 Å². The third-order valence-electron chi connectivity index (χ3n) is 3.58. The first-order valence-electron chi connectivity index (χ1n) is 6.90. The van der Waals surface area contributed by atoms with E-state index in [1.807, 2.05) is 0 Å². The molecule has 0 unspecified atom stereocenters. The fourth-order valence-electron chi connectivity index (χ4n) is 2.28. The normalized spacial score (nSPS) is 17.5. The average Bonchev–Trinajstić information content (AvgIpc) is 2.40. The molecule has 0 atom stereocenters. The van der Waals surface area contributed by atoms with Gasteiger partial charge in [-0.15, -0.1) is 0 Å². The second-order valence-corrected chi connectivity index (χ2v) is 5.22. The van der Waals surface area contributed by atoms with Gasteiger partial charge in [-0.1, -0.05) is 0 Å². The number of nitrogens with one attached hydrogen (secondary N) is 1. The highest BCUT2D eigenvalue weighted by Gasteiger charge is 2.15. The van der Waals surface area contributed by atoms with E-state index < -0.39 is 0 Å². The molecule has 0 bridgehead atoms. The Morgan fingerprint density at radius 1 is 1.37 bits per heavy atom. The number of likely N-dealkylation sites (N-methyl/N-ethyl adjacent to an activating group) is 1. The number of hydrogen-bond donors (Lipinski definition) is 3. The minimum Gasteiger partial charge on any atom is -0.508 e. The third-order valence-corrected chi connectivity index (χ3v) is 3.58. The summed E-state index contributed by atoms with van der Waals surface area (Å²) in [4.78, 5) is 4.09. The minimum absolute atomic E-state index is 0.186. The van der Waals surface area contributed by atoms with Crippen LogP contribution in [0.3, 0.4) is 0 Å². The first-order chi connectivity index (χ1) is 9.15. The highest BCUT2D eigenvalue weighted by atomic mass is 16.5. The van der Waals surface area contributed by atoms with Gasteiger partial charge in [-0.25, -0.2) is 0 Å². The molecule has 1 aromatic rings. The molecule has 1 heterocycles. The smallest absolute Gasteiger partial charge is 0.145 e. The first kappa shape index (κ1) is 14.0. The molecule has 1 aliphatic heterocycles. The SMILES string of the molecule is C[NH+]1CCN(CCCOc2cc(O)ccc2N)CC1. The summed E-state index contributed by atoms with van der Waals surface area (Å²) in [6.45, 7) is 6.47. The standard InChI is InChI=1S/C14H23N3O2/c1-16-6-8-17(9-7-16)5-2-10-19-14-11-12(18)3-4-13(14)15/h3-4,11,18H,2,5-10,15H2,1H3/p+1. The number of benzene rings is 1. The molecule has 5 nitrogen and oxygen atoms in total. The van der Waals surface area contributed by atoms with Crippen LogP contribution >= 0.6 is 0 Å². The number of anilines is 1. The molecule has 19 heavy (non-hydrogen) atoms. The van der Waals surface area contributed by atoms with Gasteiger partial charge in [-0.05, 0) is 18.6 Å². The number of nitrogens with zero attached hydrogens (tertiary/aromatic N) is 1. The molecule has 0 radical (unpaired) electrons. The van der Waals surface area contributed by atoms with Crippen LogP contribution in [0.25, 0.3) is 0 Å². The van der Waals surface area contributed by atoms with Crippen molar-refractivity contribution in [1.29, 1.82) is 0 Å². The van der Waals surface area contributed by atoms with E-state index in [2.05, 4.69) is 11.9 Å². The van der Waals surface area contributed by atoms with E-state index in [1.54, 1.807) is 23.1 Å². The summed E-state index contributed by atoms with van der Waals surface area (Å²) in [5.74, 6) is 0.758. The highest BCUT2D eigenvalue weighted by Crippen LogP contribution is 2.25. The van der Waals surface area contributed by atoms with Crippen molar-refractivity contribution in [2.75, 3.05) is 52.1 Å². The van der Waals surface area contributed by atoms with Crippen LogP contribution in [0.5, 0.6) is 11.5 Å². The lowest BCUT2D eigenvalue weighted by molar-refractivity contribution is -0.884. The third kappa shape index (κ3) is 4.29. The number of phenols is 1. The lowest BCUT2D eigenvalue weighted by Gasteiger charge is -2.29. The predicted molar refractivity (Wildman–Crippen MR) is 75.7 cm³/mol. The van der Waals surface area contributed by atoms with Gasteiger partial charge in [0.25, 0.3) is 0 Å². The number of phenolic OH excluding ortho intramolecular Hbond substituents is 1. The monoisotopic (exact) mass is 266 g/mol. The number of nitrogen functional groups attached to an aromatic ring is 1. The number of nitrogens with two attached hydrogens (primary N) is 1. The van der Waals surface area contributed by atoms with Gasteiger partial charge < -0.3 is 20.5 Å². The van der Waals surface area contributed by atoms with E-state index in [9.17, 15) is 5.11 Å². The summed E-state index contributed by atoms with van der Waals surface area (Å²) >= 11 is 0. The van der Waals surface area contributed by atoms with Gasteiger partial charge in [0.1, 0.15) is 11.5 Å². The Kier molecular flexibility index (Phi) is 4.87. The van der Waals surface area contributed by atoms with E-state index in [0.29, 0.717) is 18.0 Å². The molecular formula is C14H24N3O2+. The Bertz CT molecular complexity index is 404. The largest absolute Gasteiger partial charge is 0.508 e. The van der Waals surface area contributed by atoms with Crippen LogP contribution in [0.4, 0.5) is 5.69 Å². The van der Waals surface area contributed by atoms with Crippen LogP contribution in [0.15, 0.2) is 18.2 Å². The Morgan fingerprint density at radius 3 is 2.84 bits per heavy atom. The molecule has 2 rings (SSSR count). The van der Waals surface area contributed by atoms with Crippen LogP contribution in [0, 0.1) is 0 Å². The quantitative estimate of drug-likeness (QED) is 0.385. The summed E-state index contributed by atoms with van der Waals surface area (Å²) in [7, 11) is 2.24. The average molecular weight is 266 g/mol. The second-order valence-electron chi connectivity index (χ2n) is 5.22. The van der Waals surface area contributed by atoms with Crippen molar-refractivity contribution in [3.05, 3.63) is 18.2 Å². The van der Waals surface area contributed by atoms with Crippen molar-refractivity contribution in [1.82, 2.24) is 4.90 Å². The fraction of sp³-hybridized carbons (Fsp3) is 0.571. The second kappa shape index (κ2) is 6.63. The van der Waals surface area contributed by atoms with E-state index in [0.717, 1.165) is 13.0 Å². The zero-order valence-electron chi connectivity index (χ0n) is 11.6. The summed E-state index contributed by atoms with van der Waals surface area (Å²) in [5, 5.41) is 9.38. The van der Waals surface area contributed by atoms with Crippen LogP contribution in [0.1, 0.15) is 6.42 Å². The van der Waals surface area contributed by atoms with Crippen molar-refractivity contribution in [2.45, 2.75) is 6.42 Å². The van der Waals surface area contributed by atoms with Crippen LogP contribution in [-0.4, -0.2) is 56.4 Å². The summed E-state index contributed by atoms with van der Waals surface area (Å²) in [5.41, 5.74) is 6.35. The van der Waals surface area contributed by atoms with E-state index in [-0.39, 0.29) is 5.75 Å². The Labute approximate surface area is 114 Å². The summed E-state index contributed by atoms with van der Waals surface area (Å²) in [6.07, 6.45) is 0.980. The summed E-state index contributed by atoms with van der Waals surface area (Å²) < 4.78 is 5.61. The molecule has 1 aliphatic rings. The molecule has 1 saturated heterocycles. The molecule has 0 spiro atoms. The van der Waals surface area contributed by atoms with Gasteiger partial charge in [0, 0.05) is 25.7 Å². The maximum Gasteiger partial charge on any atom is 0.145 e. The summed E-state index contributed by atoms with van der Waals surface area (Å²) in [6, 6.07) is 4.79. The fourth-order valence-corrected chi connectivity index (χ4v) is 2.28. The number of hydrogen-bond acceptors (Lipinski definition) is 4. The number of ether oxygens (including phenoxy) is 1.